The third kappa shape index (κ3) is 9.00. The minimum atomic E-state index is -1.48. The van der Waals surface area contributed by atoms with Gasteiger partial charge in [-0.1, -0.05) is 0 Å². The van der Waals surface area contributed by atoms with E-state index >= 15 is 0 Å². The van der Waals surface area contributed by atoms with Crippen molar-refractivity contribution in [2.45, 2.75) is 46.1 Å². The average Bonchev–Trinajstić information content (AvgIpc) is 2.56. The number of carbonyl (C=O) groups excluding carboxylic acids is 5. The fourth-order valence-corrected chi connectivity index (χ4v) is 2.05. The fraction of sp³-hybridized carbons (Fsp3) is 0.688. The third-order valence-electron chi connectivity index (χ3n) is 3.17. The summed E-state index contributed by atoms with van der Waals surface area (Å²) in [6, 6.07) is -1.48. The monoisotopic (exact) mass is 374 g/mol. The minimum absolute atomic E-state index is 0.0143. The molecule has 0 aromatic carbocycles. The summed E-state index contributed by atoms with van der Waals surface area (Å²) in [7, 11) is 0. The zero-order chi connectivity index (χ0) is 20.1. The predicted octanol–water partition coefficient (Wildman–Crippen LogP) is -0.568. The van der Waals surface area contributed by atoms with Gasteiger partial charge in [-0.3, -0.25) is 24.0 Å². The van der Waals surface area contributed by atoms with Gasteiger partial charge >= 0.3 is 17.9 Å². The first kappa shape index (κ1) is 23.4. The number of esters is 3. The zero-order valence-corrected chi connectivity index (χ0v) is 15.2. The Hall–Kier alpha value is -2.65. The van der Waals surface area contributed by atoms with Crippen molar-refractivity contribution in [1.82, 2.24) is 5.32 Å². The van der Waals surface area contributed by atoms with E-state index in [4.69, 9.17) is 19.9 Å². The number of rotatable bonds is 12. The van der Waals surface area contributed by atoms with Gasteiger partial charge in [0.2, 0.25) is 11.8 Å². The Labute approximate surface area is 151 Å². The molecule has 10 heteroatoms. The molecule has 2 atom stereocenters. The van der Waals surface area contributed by atoms with Crippen LogP contribution in [0, 0.1) is 5.92 Å². The molecule has 0 aliphatic carbocycles. The Balaban J connectivity index is 5.10. The molecule has 0 fully saturated rings. The Kier molecular flexibility index (Phi) is 11.4. The van der Waals surface area contributed by atoms with E-state index < -0.39 is 48.1 Å². The van der Waals surface area contributed by atoms with E-state index in [9.17, 15) is 24.0 Å². The van der Waals surface area contributed by atoms with Crippen LogP contribution in [0.25, 0.3) is 0 Å². The molecule has 0 aliphatic heterocycles. The predicted molar refractivity (Wildman–Crippen MR) is 88.4 cm³/mol. The molecular formula is C16H26N2O8. The number of hydrogen-bond acceptors (Lipinski definition) is 8. The molecule has 0 unspecified atom stereocenters. The average molecular weight is 374 g/mol. The summed E-state index contributed by atoms with van der Waals surface area (Å²) >= 11 is 0. The Morgan fingerprint density at radius 3 is 1.88 bits per heavy atom. The summed E-state index contributed by atoms with van der Waals surface area (Å²) in [6.07, 6.45) is -0.955. The lowest BCUT2D eigenvalue weighted by atomic mass is 9.95. The van der Waals surface area contributed by atoms with Gasteiger partial charge in [-0.15, -0.1) is 0 Å². The Morgan fingerprint density at radius 2 is 1.38 bits per heavy atom. The van der Waals surface area contributed by atoms with E-state index in [0.29, 0.717) is 0 Å². The quantitative estimate of drug-likeness (QED) is 0.340. The van der Waals surface area contributed by atoms with Crippen molar-refractivity contribution in [1.29, 1.82) is 0 Å². The van der Waals surface area contributed by atoms with Crippen LogP contribution >= 0.6 is 0 Å². The van der Waals surface area contributed by atoms with Gasteiger partial charge in [0.25, 0.3) is 0 Å². The molecule has 2 amide bonds. The highest BCUT2D eigenvalue weighted by Crippen LogP contribution is 2.14. The molecular weight excluding hydrogens is 348 g/mol. The number of hydrogen-bond donors (Lipinski definition) is 2. The second kappa shape index (κ2) is 12.7. The van der Waals surface area contributed by atoms with Crippen molar-refractivity contribution in [3.05, 3.63) is 0 Å². The van der Waals surface area contributed by atoms with E-state index in [0.717, 1.165) is 0 Å². The summed E-state index contributed by atoms with van der Waals surface area (Å²) < 4.78 is 14.3. The topological polar surface area (TPSA) is 151 Å². The first-order valence-electron chi connectivity index (χ1n) is 8.33. The number of amides is 2. The first-order valence-corrected chi connectivity index (χ1v) is 8.33. The summed E-state index contributed by atoms with van der Waals surface area (Å²) in [5, 5.41) is 2.27. The van der Waals surface area contributed by atoms with E-state index in [1.807, 2.05) is 0 Å². The number of nitrogens with one attached hydrogen (secondary N) is 1. The van der Waals surface area contributed by atoms with E-state index in [1.165, 1.54) is 0 Å². The van der Waals surface area contributed by atoms with Crippen molar-refractivity contribution in [3.8, 4) is 0 Å². The molecule has 148 valence electrons. The lowest BCUT2D eigenvalue weighted by Gasteiger charge is -2.23. The van der Waals surface area contributed by atoms with Crippen LogP contribution in [0.15, 0.2) is 0 Å². The zero-order valence-electron chi connectivity index (χ0n) is 15.2. The van der Waals surface area contributed by atoms with Gasteiger partial charge in [0.1, 0.15) is 6.04 Å². The number of nitrogens with two attached hydrogens (primary N) is 1. The summed E-state index contributed by atoms with van der Waals surface area (Å²) in [4.78, 5) is 58.8. The molecule has 10 nitrogen and oxygen atoms in total. The largest absolute Gasteiger partial charge is 0.466 e. The van der Waals surface area contributed by atoms with Crippen LogP contribution in [0.3, 0.4) is 0 Å². The van der Waals surface area contributed by atoms with E-state index in [2.05, 4.69) is 5.32 Å². The maximum Gasteiger partial charge on any atom is 0.312 e. The van der Waals surface area contributed by atoms with Gasteiger partial charge < -0.3 is 25.3 Å². The number of ether oxygens (including phenoxy) is 3. The second-order valence-electron chi connectivity index (χ2n) is 5.12. The summed E-state index contributed by atoms with van der Waals surface area (Å²) in [5.41, 5.74) is 5.27. The molecule has 3 N–H and O–H groups in total. The van der Waals surface area contributed by atoms with Gasteiger partial charge in [0.05, 0.1) is 38.6 Å². The molecule has 26 heavy (non-hydrogen) atoms. The molecule has 0 saturated heterocycles. The lowest BCUT2D eigenvalue weighted by molar-refractivity contribution is -0.157. The van der Waals surface area contributed by atoms with Gasteiger partial charge in [-0.25, -0.2) is 0 Å². The fourth-order valence-electron chi connectivity index (χ4n) is 2.05. The standard InChI is InChI=1S/C16H26N2O8/c1-4-24-12(20)8-7-11(19)18-14(15(17)22)10(16(23)26-6-3)9-13(21)25-5-2/h10,14H,4-9H2,1-3H3,(H2,17,22)(H,18,19)/t10-,14-/m0/s1. The SMILES string of the molecule is CCOC(=O)CCC(=O)N[C@H](C(N)=O)[C@H](CC(=O)OCC)C(=O)OCC. The van der Waals surface area contributed by atoms with Crippen molar-refractivity contribution in [3.63, 3.8) is 0 Å². The summed E-state index contributed by atoms with van der Waals surface area (Å²) in [6.45, 7) is 5.04. The highest BCUT2D eigenvalue weighted by Gasteiger charge is 2.37. The summed E-state index contributed by atoms with van der Waals surface area (Å²) in [5.74, 6) is -5.23. The highest BCUT2D eigenvalue weighted by atomic mass is 16.5. The molecule has 0 aromatic heterocycles. The third-order valence-corrected chi connectivity index (χ3v) is 3.17. The second-order valence-corrected chi connectivity index (χ2v) is 5.12. The Morgan fingerprint density at radius 1 is 0.846 bits per heavy atom. The van der Waals surface area contributed by atoms with Gasteiger partial charge in [-0.2, -0.15) is 0 Å². The van der Waals surface area contributed by atoms with Gasteiger partial charge in [-0.05, 0) is 20.8 Å². The van der Waals surface area contributed by atoms with Crippen LogP contribution in [-0.2, 0) is 38.2 Å². The number of carbonyl (C=O) groups is 5. The van der Waals surface area contributed by atoms with Crippen LogP contribution in [0.1, 0.15) is 40.0 Å². The normalized spacial score (nSPS) is 12.4. The van der Waals surface area contributed by atoms with Crippen LogP contribution in [0.2, 0.25) is 0 Å². The van der Waals surface area contributed by atoms with Gasteiger partial charge in [0.15, 0.2) is 0 Å². The van der Waals surface area contributed by atoms with Crippen molar-refractivity contribution < 1.29 is 38.2 Å². The van der Waals surface area contributed by atoms with Crippen LogP contribution < -0.4 is 11.1 Å². The van der Waals surface area contributed by atoms with Crippen LogP contribution in [0.5, 0.6) is 0 Å². The van der Waals surface area contributed by atoms with Crippen molar-refractivity contribution in [2.75, 3.05) is 19.8 Å². The molecule has 0 aliphatic rings. The minimum Gasteiger partial charge on any atom is -0.466 e. The molecule has 0 bridgehead atoms. The van der Waals surface area contributed by atoms with Crippen molar-refractivity contribution >= 4 is 29.7 Å². The molecule has 0 spiro atoms. The Bertz CT molecular complexity index is 520. The molecule has 0 saturated carbocycles. The highest BCUT2D eigenvalue weighted by molar-refractivity contribution is 5.93. The van der Waals surface area contributed by atoms with E-state index in [-0.39, 0.29) is 32.7 Å². The van der Waals surface area contributed by atoms with Gasteiger partial charge in [0, 0.05) is 6.42 Å². The molecule has 0 heterocycles. The molecule has 0 rings (SSSR count). The smallest absolute Gasteiger partial charge is 0.312 e. The first-order chi connectivity index (χ1) is 12.3. The maximum absolute atomic E-state index is 12.1. The molecule has 0 radical (unpaired) electrons. The van der Waals surface area contributed by atoms with Crippen LogP contribution in [0.4, 0.5) is 0 Å². The van der Waals surface area contributed by atoms with E-state index in [1.54, 1.807) is 20.8 Å². The maximum atomic E-state index is 12.1. The lowest BCUT2D eigenvalue weighted by Crippen LogP contribution is -2.52. The number of primary amides is 1. The molecule has 0 aromatic rings. The van der Waals surface area contributed by atoms with Crippen molar-refractivity contribution in [2.24, 2.45) is 11.7 Å². The van der Waals surface area contributed by atoms with Crippen LogP contribution in [-0.4, -0.2) is 55.6 Å².